The lowest BCUT2D eigenvalue weighted by molar-refractivity contribution is 1.37. The Morgan fingerprint density at radius 3 is 1.27 bits per heavy atom. The standard InChI is InChI=1S/C28H24N2/c1-19-5-7-25(21(3)13-19)15-27(17-29)23-9-11-24(12-10-23)28(18-30)16-26-8-6-20(2)14-22(26)4/h5-16H,1-4H3. The van der Waals surface area contributed by atoms with Crippen LogP contribution in [0, 0.1) is 50.4 Å². The monoisotopic (exact) mass is 388 g/mol. The second kappa shape index (κ2) is 9.08. The number of allylic oxidation sites excluding steroid dienone is 2. The molecule has 0 spiro atoms. The van der Waals surface area contributed by atoms with Crippen LogP contribution in [0.3, 0.4) is 0 Å². The van der Waals surface area contributed by atoms with E-state index >= 15 is 0 Å². The number of benzene rings is 3. The molecule has 3 rings (SSSR count). The van der Waals surface area contributed by atoms with Gasteiger partial charge in [0.05, 0.1) is 23.3 Å². The van der Waals surface area contributed by atoms with Gasteiger partial charge >= 0.3 is 0 Å². The van der Waals surface area contributed by atoms with Gasteiger partial charge in [0.25, 0.3) is 0 Å². The summed E-state index contributed by atoms with van der Waals surface area (Å²) in [5, 5.41) is 19.4. The highest BCUT2D eigenvalue weighted by atomic mass is 14.3. The molecule has 0 aromatic heterocycles. The summed E-state index contributed by atoms with van der Waals surface area (Å²) in [6.07, 6.45) is 3.83. The van der Waals surface area contributed by atoms with Gasteiger partial charge in [0.2, 0.25) is 0 Å². The van der Waals surface area contributed by atoms with Crippen LogP contribution in [0.4, 0.5) is 0 Å². The molecule has 0 N–H and O–H groups in total. The molecule has 2 heteroatoms. The van der Waals surface area contributed by atoms with E-state index in [4.69, 9.17) is 0 Å². The minimum Gasteiger partial charge on any atom is -0.192 e. The Kier molecular flexibility index (Phi) is 6.31. The van der Waals surface area contributed by atoms with E-state index in [1.807, 2.05) is 74.5 Å². The molecule has 0 aliphatic rings. The van der Waals surface area contributed by atoms with Crippen LogP contribution in [0.5, 0.6) is 0 Å². The molecule has 0 aliphatic heterocycles. The number of aryl methyl sites for hydroxylation is 4. The van der Waals surface area contributed by atoms with Crippen molar-refractivity contribution in [1.29, 1.82) is 10.5 Å². The first-order chi connectivity index (χ1) is 14.4. The van der Waals surface area contributed by atoms with Crippen molar-refractivity contribution >= 4 is 23.3 Å². The average Bonchev–Trinajstić information content (AvgIpc) is 2.73. The van der Waals surface area contributed by atoms with E-state index in [-0.39, 0.29) is 0 Å². The maximum atomic E-state index is 9.68. The number of hydrogen-bond donors (Lipinski definition) is 0. The molecule has 0 aliphatic carbocycles. The minimum atomic E-state index is 0.602. The normalized spacial score (nSPS) is 11.7. The zero-order valence-electron chi connectivity index (χ0n) is 17.8. The van der Waals surface area contributed by atoms with Gasteiger partial charge in [-0.15, -0.1) is 0 Å². The maximum absolute atomic E-state index is 9.68. The second-order valence-electron chi connectivity index (χ2n) is 7.64. The lowest BCUT2D eigenvalue weighted by Gasteiger charge is -2.06. The van der Waals surface area contributed by atoms with E-state index in [2.05, 4.69) is 38.1 Å². The maximum Gasteiger partial charge on any atom is 0.0998 e. The zero-order valence-corrected chi connectivity index (χ0v) is 17.8. The lowest BCUT2D eigenvalue weighted by Crippen LogP contribution is -1.88. The number of rotatable bonds is 4. The van der Waals surface area contributed by atoms with Gasteiger partial charge in [0.1, 0.15) is 0 Å². The molecule has 0 atom stereocenters. The van der Waals surface area contributed by atoms with E-state index in [1.54, 1.807) is 0 Å². The molecule has 0 bridgehead atoms. The highest BCUT2D eigenvalue weighted by Gasteiger charge is 2.07. The van der Waals surface area contributed by atoms with Gasteiger partial charge in [-0.2, -0.15) is 10.5 Å². The molecule has 0 heterocycles. The molecular weight excluding hydrogens is 364 g/mol. The first-order valence-corrected chi connectivity index (χ1v) is 9.90. The third-order valence-electron chi connectivity index (χ3n) is 5.20. The van der Waals surface area contributed by atoms with E-state index < -0.39 is 0 Å². The molecule has 3 aromatic carbocycles. The van der Waals surface area contributed by atoms with Crippen LogP contribution < -0.4 is 0 Å². The number of nitriles is 2. The van der Waals surface area contributed by atoms with E-state index in [0.717, 1.165) is 33.4 Å². The van der Waals surface area contributed by atoms with Crippen LogP contribution in [0.15, 0.2) is 60.7 Å². The highest BCUT2D eigenvalue weighted by molar-refractivity contribution is 5.93. The van der Waals surface area contributed by atoms with Gasteiger partial charge in [-0.05, 0) is 73.2 Å². The highest BCUT2D eigenvalue weighted by Crippen LogP contribution is 2.24. The van der Waals surface area contributed by atoms with Gasteiger partial charge in [-0.25, -0.2) is 0 Å². The predicted octanol–water partition coefficient (Wildman–Crippen LogP) is 7.05. The van der Waals surface area contributed by atoms with Gasteiger partial charge in [0.15, 0.2) is 0 Å². The Hall–Kier alpha value is -3.88. The third-order valence-corrected chi connectivity index (χ3v) is 5.20. The van der Waals surface area contributed by atoms with Gasteiger partial charge < -0.3 is 0 Å². The quantitative estimate of drug-likeness (QED) is 0.355. The molecule has 0 amide bonds. The van der Waals surface area contributed by atoms with Crippen LogP contribution in [-0.4, -0.2) is 0 Å². The van der Waals surface area contributed by atoms with Crippen molar-refractivity contribution in [2.75, 3.05) is 0 Å². The molecule has 0 unspecified atom stereocenters. The van der Waals surface area contributed by atoms with E-state index in [1.165, 1.54) is 11.1 Å². The molecular formula is C28H24N2. The van der Waals surface area contributed by atoms with Crippen molar-refractivity contribution in [2.45, 2.75) is 27.7 Å². The smallest absolute Gasteiger partial charge is 0.0998 e. The van der Waals surface area contributed by atoms with Crippen molar-refractivity contribution in [2.24, 2.45) is 0 Å². The molecule has 2 nitrogen and oxygen atoms in total. The lowest BCUT2D eigenvalue weighted by atomic mass is 9.96. The fraction of sp³-hybridized carbons (Fsp3) is 0.143. The summed E-state index contributed by atoms with van der Waals surface area (Å²) in [6.45, 7) is 8.22. The number of nitrogens with zero attached hydrogens (tertiary/aromatic N) is 2. The van der Waals surface area contributed by atoms with Crippen molar-refractivity contribution < 1.29 is 0 Å². The SMILES string of the molecule is Cc1ccc(C=C(C#N)c2ccc(C(C#N)=Cc3ccc(C)cc3C)cc2)c(C)c1. The van der Waals surface area contributed by atoms with Crippen molar-refractivity contribution in [1.82, 2.24) is 0 Å². The Balaban J connectivity index is 1.94. The summed E-state index contributed by atoms with van der Waals surface area (Å²) in [7, 11) is 0. The molecule has 0 radical (unpaired) electrons. The molecule has 0 saturated carbocycles. The Morgan fingerprint density at radius 1 is 0.600 bits per heavy atom. The molecule has 30 heavy (non-hydrogen) atoms. The molecule has 0 saturated heterocycles. The molecule has 146 valence electrons. The van der Waals surface area contributed by atoms with Crippen molar-refractivity contribution in [3.8, 4) is 12.1 Å². The summed E-state index contributed by atoms with van der Waals surface area (Å²) in [5.74, 6) is 0. The summed E-state index contributed by atoms with van der Waals surface area (Å²) in [4.78, 5) is 0. The third kappa shape index (κ3) is 4.75. The summed E-state index contributed by atoms with van der Waals surface area (Å²) in [5.41, 5.74) is 9.64. The van der Waals surface area contributed by atoms with Crippen molar-refractivity contribution in [3.63, 3.8) is 0 Å². The van der Waals surface area contributed by atoms with Gasteiger partial charge in [-0.3, -0.25) is 0 Å². The van der Waals surface area contributed by atoms with Crippen LogP contribution in [-0.2, 0) is 0 Å². The van der Waals surface area contributed by atoms with Gasteiger partial charge in [0, 0.05) is 0 Å². The molecule has 0 fully saturated rings. The molecule has 3 aromatic rings. The van der Waals surface area contributed by atoms with E-state index in [9.17, 15) is 10.5 Å². The van der Waals surface area contributed by atoms with Gasteiger partial charge in [-0.1, -0.05) is 71.8 Å². The topological polar surface area (TPSA) is 47.6 Å². The van der Waals surface area contributed by atoms with Crippen LogP contribution in [0.1, 0.15) is 44.5 Å². The zero-order chi connectivity index (χ0) is 21.7. The van der Waals surface area contributed by atoms with Crippen LogP contribution in [0.2, 0.25) is 0 Å². The fourth-order valence-electron chi connectivity index (χ4n) is 3.48. The largest absolute Gasteiger partial charge is 0.192 e. The first-order valence-electron chi connectivity index (χ1n) is 9.90. The summed E-state index contributed by atoms with van der Waals surface area (Å²) in [6, 6.07) is 24.6. The van der Waals surface area contributed by atoms with Crippen molar-refractivity contribution in [3.05, 3.63) is 105 Å². The Labute approximate surface area is 179 Å². The minimum absolute atomic E-state index is 0.602. The average molecular weight is 389 g/mol. The number of hydrogen-bond acceptors (Lipinski definition) is 2. The first kappa shape index (κ1) is 20.8. The van der Waals surface area contributed by atoms with Crippen LogP contribution in [0.25, 0.3) is 23.3 Å². The predicted molar refractivity (Wildman–Crippen MR) is 125 cm³/mol. The van der Waals surface area contributed by atoms with E-state index in [0.29, 0.717) is 11.1 Å². The Morgan fingerprint density at radius 2 is 0.967 bits per heavy atom. The summed E-state index contributed by atoms with van der Waals surface area (Å²) < 4.78 is 0. The van der Waals surface area contributed by atoms with Crippen LogP contribution >= 0.6 is 0 Å². The second-order valence-corrected chi connectivity index (χ2v) is 7.64. The summed E-state index contributed by atoms with van der Waals surface area (Å²) >= 11 is 0. The Bertz CT molecular complexity index is 1130. The fourth-order valence-corrected chi connectivity index (χ4v) is 3.48.